The third-order valence-corrected chi connectivity index (χ3v) is 3.47. The number of aliphatic carboxylic acids is 1. The minimum atomic E-state index is -0.991. The van der Waals surface area contributed by atoms with Crippen LogP contribution in [-0.4, -0.2) is 33.4 Å². The summed E-state index contributed by atoms with van der Waals surface area (Å²) in [5.74, 6) is -1.53. The Labute approximate surface area is 120 Å². The van der Waals surface area contributed by atoms with Gasteiger partial charge in [-0.2, -0.15) is 0 Å². The number of carbonyl (C=O) groups excluding carboxylic acids is 1. The summed E-state index contributed by atoms with van der Waals surface area (Å²) in [5, 5.41) is 21.5. The van der Waals surface area contributed by atoms with Crippen LogP contribution < -0.4 is 5.32 Å². The zero-order chi connectivity index (χ0) is 14.4. The van der Waals surface area contributed by atoms with E-state index in [2.05, 4.69) is 21.2 Å². The molecule has 0 atom stereocenters. The molecular formula is C10H9BrN2O5S. The first-order chi connectivity index (χ1) is 8.90. The van der Waals surface area contributed by atoms with Gasteiger partial charge < -0.3 is 10.4 Å². The molecule has 0 saturated heterocycles. The third kappa shape index (κ3) is 5.26. The topological polar surface area (TPSA) is 110 Å². The highest BCUT2D eigenvalue weighted by molar-refractivity contribution is 9.10. The van der Waals surface area contributed by atoms with E-state index in [9.17, 15) is 19.7 Å². The smallest absolute Gasteiger partial charge is 0.313 e. The van der Waals surface area contributed by atoms with Crippen LogP contribution in [0.25, 0.3) is 0 Å². The number of hydrogen-bond donors (Lipinski definition) is 2. The number of anilines is 1. The molecule has 0 aliphatic heterocycles. The predicted octanol–water partition coefficient (Wildman–Crippen LogP) is 2.11. The van der Waals surface area contributed by atoms with Gasteiger partial charge in [0.2, 0.25) is 5.91 Å². The Morgan fingerprint density at radius 2 is 2.11 bits per heavy atom. The molecule has 0 aliphatic carbocycles. The number of carboxylic acid groups (broad SMARTS) is 1. The van der Waals surface area contributed by atoms with Gasteiger partial charge in [-0.05, 0) is 22.0 Å². The van der Waals surface area contributed by atoms with Gasteiger partial charge in [-0.15, -0.1) is 11.8 Å². The molecule has 0 aliphatic rings. The fraction of sp³-hybridized carbons (Fsp3) is 0.200. The quantitative estimate of drug-likeness (QED) is 0.601. The predicted molar refractivity (Wildman–Crippen MR) is 74.4 cm³/mol. The molecule has 19 heavy (non-hydrogen) atoms. The number of non-ortho nitro benzene ring substituents is 1. The molecule has 0 fully saturated rings. The second-order valence-corrected chi connectivity index (χ2v) is 5.20. The van der Waals surface area contributed by atoms with Crippen molar-refractivity contribution in [1.82, 2.24) is 0 Å². The van der Waals surface area contributed by atoms with Crippen LogP contribution in [0, 0.1) is 10.1 Å². The minimum absolute atomic E-state index is 0.00424. The molecule has 0 heterocycles. The Morgan fingerprint density at radius 3 is 2.63 bits per heavy atom. The Kier molecular flexibility index (Phi) is 5.77. The zero-order valence-electron chi connectivity index (χ0n) is 9.46. The van der Waals surface area contributed by atoms with Crippen molar-refractivity contribution in [1.29, 1.82) is 0 Å². The van der Waals surface area contributed by atoms with Gasteiger partial charge in [0.05, 0.1) is 22.1 Å². The van der Waals surface area contributed by atoms with Crippen LogP contribution in [0.1, 0.15) is 0 Å². The summed E-state index contributed by atoms with van der Waals surface area (Å²) in [6.45, 7) is 0. The van der Waals surface area contributed by atoms with Crippen LogP contribution in [0.4, 0.5) is 11.4 Å². The lowest BCUT2D eigenvalue weighted by molar-refractivity contribution is -0.384. The molecule has 1 aromatic rings. The number of nitrogens with zero attached hydrogens (tertiary/aromatic N) is 1. The molecule has 0 aromatic heterocycles. The van der Waals surface area contributed by atoms with Crippen molar-refractivity contribution >= 4 is 50.9 Å². The van der Waals surface area contributed by atoms with Gasteiger partial charge in [-0.25, -0.2) is 0 Å². The molecule has 102 valence electrons. The number of nitro benzene ring substituents is 1. The molecule has 7 nitrogen and oxygen atoms in total. The fourth-order valence-corrected chi connectivity index (χ4v) is 2.14. The summed E-state index contributed by atoms with van der Waals surface area (Å²) in [6, 6.07) is 3.95. The molecule has 2 N–H and O–H groups in total. The highest BCUT2D eigenvalue weighted by Crippen LogP contribution is 2.27. The third-order valence-electron chi connectivity index (χ3n) is 1.90. The number of thioether (sulfide) groups is 1. The maximum atomic E-state index is 11.5. The normalized spacial score (nSPS) is 9.95. The van der Waals surface area contributed by atoms with Crippen molar-refractivity contribution in [3.8, 4) is 0 Å². The monoisotopic (exact) mass is 348 g/mol. The Balaban J connectivity index is 2.59. The molecule has 9 heteroatoms. The van der Waals surface area contributed by atoms with Gasteiger partial charge in [0.15, 0.2) is 0 Å². The molecule has 0 unspecified atom stereocenters. The van der Waals surface area contributed by atoms with Crippen LogP contribution in [0.2, 0.25) is 0 Å². The summed E-state index contributed by atoms with van der Waals surface area (Å²) in [6.07, 6.45) is 0. The first kappa shape index (κ1) is 15.4. The molecule has 1 amide bonds. The minimum Gasteiger partial charge on any atom is -0.481 e. The van der Waals surface area contributed by atoms with Gasteiger partial charge in [0.25, 0.3) is 5.69 Å². The summed E-state index contributed by atoms with van der Waals surface area (Å²) in [7, 11) is 0. The number of benzene rings is 1. The van der Waals surface area contributed by atoms with E-state index in [1.165, 1.54) is 18.2 Å². The lowest BCUT2D eigenvalue weighted by Gasteiger charge is -2.06. The Bertz CT molecular complexity index is 523. The maximum absolute atomic E-state index is 11.5. The number of rotatable bonds is 6. The maximum Gasteiger partial charge on any atom is 0.313 e. The summed E-state index contributed by atoms with van der Waals surface area (Å²) < 4.78 is 0.387. The van der Waals surface area contributed by atoms with E-state index in [1.807, 2.05) is 0 Å². The lowest BCUT2D eigenvalue weighted by Crippen LogP contribution is -2.15. The van der Waals surface area contributed by atoms with Crippen LogP contribution in [0.5, 0.6) is 0 Å². The number of carbonyl (C=O) groups is 2. The van der Waals surface area contributed by atoms with Crippen LogP contribution >= 0.6 is 27.7 Å². The number of hydrogen-bond acceptors (Lipinski definition) is 5. The SMILES string of the molecule is O=C(O)CSCC(=O)Nc1ccc([N+](=O)[O-])cc1Br. The van der Waals surface area contributed by atoms with Gasteiger partial charge in [-0.3, -0.25) is 19.7 Å². The molecular weight excluding hydrogens is 340 g/mol. The number of amides is 1. The second kappa shape index (κ2) is 7.10. The molecule has 0 bridgehead atoms. The van der Waals surface area contributed by atoms with Crippen LogP contribution in [0.15, 0.2) is 22.7 Å². The van der Waals surface area contributed by atoms with Crippen molar-refractivity contribution < 1.29 is 19.6 Å². The van der Waals surface area contributed by atoms with Crippen LogP contribution in [-0.2, 0) is 9.59 Å². The van der Waals surface area contributed by atoms with E-state index in [0.29, 0.717) is 10.2 Å². The summed E-state index contributed by atoms with van der Waals surface area (Å²) in [5.41, 5.74) is 0.302. The van der Waals surface area contributed by atoms with Crippen molar-refractivity contribution in [2.24, 2.45) is 0 Å². The van der Waals surface area contributed by atoms with Crippen molar-refractivity contribution in [3.63, 3.8) is 0 Å². The summed E-state index contributed by atoms with van der Waals surface area (Å²) >= 11 is 4.08. The average Bonchev–Trinajstić information content (AvgIpc) is 2.31. The number of nitro groups is 1. The van der Waals surface area contributed by atoms with Gasteiger partial charge >= 0.3 is 5.97 Å². The number of carboxylic acids is 1. The van der Waals surface area contributed by atoms with Gasteiger partial charge in [-0.1, -0.05) is 0 Å². The molecule has 1 rings (SSSR count). The lowest BCUT2D eigenvalue weighted by atomic mass is 10.3. The first-order valence-electron chi connectivity index (χ1n) is 4.93. The summed E-state index contributed by atoms with van der Waals surface area (Å²) in [4.78, 5) is 31.7. The molecule has 0 saturated carbocycles. The first-order valence-corrected chi connectivity index (χ1v) is 6.88. The van der Waals surface area contributed by atoms with Crippen LogP contribution in [0.3, 0.4) is 0 Å². The Hall–Kier alpha value is -1.61. The fourth-order valence-electron chi connectivity index (χ4n) is 1.14. The zero-order valence-corrected chi connectivity index (χ0v) is 11.9. The highest BCUT2D eigenvalue weighted by atomic mass is 79.9. The number of nitrogens with one attached hydrogen (secondary N) is 1. The van der Waals surface area contributed by atoms with E-state index < -0.39 is 10.9 Å². The second-order valence-electron chi connectivity index (χ2n) is 3.36. The molecule has 0 radical (unpaired) electrons. The average molecular weight is 349 g/mol. The Morgan fingerprint density at radius 1 is 1.42 bits per heavy atom. The van der Waals surface area contributed by atoms with E-state index >= 15 is 0 Å². The van der Waals surface area contributed by atoms with Crippen molar-refractivity contribution in [2.45, 2.75) is 0 Å². The van der Waals surface area contributed by atoms with E-state index in [-0.39, 0.29) is 23.1 Å². The van der Waals surface area contributed by atoms with Gasteiger partial charge in [0.1, 0.15) is 0 Å². The standard InChI is InChI=1S/C10H9BrN2O5S/c11-7-3-6(13(17)18)1-2-8(7)12-9(14)4-19-5-10(15)16/h1-3H,4-5H2,(H,12,14)(H,15,16). The van der Waals surface area contributed by atoms with Crippen molar-refractivity contribution in [2.75, 3.05) is 16.8 Å². The van der Waals surface area contributed by atoms with E-state index in [4.69, 9.17) is 5.11 Å². The molecule has 0 spiro atoms. The largest absolute Gasteiger partial charge is 0.481 e. The molecule has 1 aromatic carbocycles. The number of halogens is 1. The van der Waals surface area contributed by atoms with E-state index in [1.54, 1.807) is 0 Å². The van der Waals surface area contributed by atoms with E-state index in [0.717, 1.165) is 11.8 Å². The van der Waals surface area contributed by atoms with Gasteiger partial charge in [0, 0.05) is 16.6 Å². The van der Waals surface area contributed by atoms with Crippen molar-refractivity contribution in [3.05, 3.63) is 32.8 Å². The highest BCUT2D eigenvalue weighted by Gasteiger charge is 2.11.